The number of esters is 1. The van der Waals surface area contributed by atoms with Gasteiger partial charge in [-0.15, -0.1) is 0 Å². The number of aryl methyl sites for hydroxylation is 1. The summed E-state index contributed by atoms with van der Waals surface area (Å²) < 4.78 is 10.6. The van der Waals surface area contributed by atoms with Crippen LogP contribution in [0.3, 0.4) is 0 Å². The van der Waals surface area contributed by atoms with Gasteiger partial charge in [0, 0.05) is 24.1 Å². The smallest absolute Gasteiger partial charge is 0.308 e. The Labute approximate surface area is 151 Å². The maximum absolute atomic E-state index is 13.0. The van der Waals surface area contributed by atoms with Gasteiger partial charge in [0.15, 0.2) is 11.6 Å². The summed E-state index contributed by atoms with van der Waals surface area (Å²) in [5.41, 5.74) is 0.573. The molecule has 2 aromatic carbocycles. The van der Waals surface area contributed by atoms with E-state index in [1.807, 2.05) is 0 Å². The lowest BCUT2D eigenvalue weighted by molar-refractivity contribution is -0.131. The maximum atomic E-state index is 13.0. The Morgan fingerprint density at radius 3 is 2.28 bits per heavy atom. The van der Waals surface area contributed by atoms with E-state index in [0.29, 0.717) is 10.0 Å². The van der Waals surface area contributed by atoms with Gasteiger partial charge in [0.25, 0.3) is 0 Å². The fraction of sp³-hybridized carbons (Fsp3) is 0.167. The zero-order valence-corrected chi connectivity index (χ0v) is 15.2. The molecule has 0 atom stereocenters. The fourth-order valence-corrected chi connectivity index (χ4v) is 3.12. The predicted octanol–water partition coefficient (Wildman–Crippen LogP) is 3.17. The normalized spacial score (nSPS) is 12.5. The Kier molecular flexibility index (Phi) is 4.12. The van der Waals surface area contributed by atoms with Crippen molar-refractivity contribution in [2.24, 2.45) is 0 Å². The number of phenolic OH excluding ortho intramolecular Hbond substituents is 1. The predicted molar refractivity (Wildman–Crippen MR) is 91.7 cm³/mol. The summed E-state index contributed by atoms with van der Waals surface area (Å²) in [4.78, 5) is 37.3. The molecule has 0 fully saturated rings. The molecule has 0 aliphatic heterocycles. The monoisotopic (exact) mass is 404 g/mol. The second-order valence-electron chi connectivity index (χ2n) is 5.58. The first-order valence-corrected chi connectivity index (χ1v) is 8.07. The average molecular weight is 405 g/mol. The molecule has 0 radical (unpaired) electrons. The zero-order chi connectivity index (χ0) is 18.5. The van der Waals surface area contributed by atoms with Crippen molar-refractivity contribution >= 4 is 33.5 Å². The maximum Gasteiger partial charge on any atom is 0.308 e. The third kappa shape index (κ3) is 2.60. The van der Waals surface area contributed by atoms with Crippen LogP contribution in [-0.2, 0) is 4.79 Å². The third-order valence-corrected chi connectivity index (χ3v) is 4.93. The van der Waals surface area contributed by atoms with Crippen molar-refractivity contribution in [2.45, 2.75) is 13.8 Å². The number of carbonyl (C=O) groups is 3. The number of ketones is 2. The van der Waals surface area contributed by atoms with Gasteiger partial charge in [-0.2, -0.15) is 0 Å². The van der Waals surface area contributed by atoms with Crippen LogP contribution in [-0.4, -0.2) is 29.8 Å². The number of methoxy groups -OCH3 is 1. The van der Waals surface area contributed by atoms with E-state index in [9.17, 15) is 19.5 Å². The van der Waals surface area contributed by atoms with Crippen molar-refractivity contribution in [3.8, 4) is 17.2 Å². The number of benzene rings is 2. The molecule has 7 heteroatoms. The summed E-state index contributed by atoms with van der Waals surface area (Å²) in [6.45, 7) is 2.89. The molecule has 6 nitrogen and oxygen atoms in total. The number of hydrogen-bond acceptors (Lipinski definition) is 6. The molecular formula is C18H13BrO6. The highest BCUT2D eigenvalue weighted by atomic mass is 79.9. The molecular weight excluding hydrogens is 392 g/mol. The summed E-state index contributed by atoms with van der Waals surface area (Å²) in [5, 5.41) is 10.3. The molecule has 1 aliphatic rings. The van der Waals surface area contributed by atoms with E-state index in [1.165, 1.54) is 32.2 Å². The van der Waals surface area contributed by atoms with Crippen molar-refractivity contribution in [2.75, 3.05) is 7.11 Å². The van der Waals surface area contributed by atoms with Crippen molar-refractivity contribution in [3.05, 3.63) is 50.5 Å². The highest BCUT2D eigenvalue weighted by molar-refractivity contribution is 9.10. The molecule has 0 bridgehead atoms. The zero-order valence-electron chi connectivity index (χ0n) is 13.6. The molecule has 0 amide bonds. The van der Waals surface area contributed by atoms with Crippen LogP contribution in [0.1, 0.15) is 44.3 Å². The molecule has 0 spiro atoms. The summed E-state index contributed by atoms with van der Waals surface area (Å²) >= 11 is 3.21. The number of carbonyl (C=O) groups excluding carboxylic acids is 3. The molecule has 128 valence electrons. The van der Waals surface area contributed by atoms with Crippen molar-refractivity contribution in [1.29, 1.82) is 0 Å². The van der Waals surface area contributed by atoms with Gasteiger partial charge in [-0.3, -0.25) is 14.4 Å². The molecule has 2 aromatic rings. The quantitative estimate of drug-likeness (QED) is 0.521. The second-order valence-corrected chi connectivity index (χ2v) is 6.37. The summed E-state index contributed by atoms with van der Waals surface area (Å²) in [5.74, 6) is -1.77. The third-order valence-electron chi connectivity index (χ3n) is 3.93. The van der Waals surface area contributed by atoms with Crippen LogP contribution in [0.2, 0.25) is 0 Å². The van der Waals surface area contributed by atoms with E-state index in [4.69, 9.17) is 9.47 Å². The Morgan fingerprint density at radius 2 is 1.68 bits per heavy atom. The number of aromatic hydroxyl groups is 1. The van der Waals surface area contributed by atoms with Gasteiger partial charge in [0.1, 0.15) is 17.2 Å². The molecule has 0 aromatic heterocycles. The highest BCUT2D eigenvalue weighted by Gasteiger charge is 2.36. The van der Waals surface area contributed by atoms with Crippen LogP contribution in [0.5, 0.6) is 17.2 Å². The minimum atomic E-state index is -0.628. The summed E-state index contributed by atoms with van der Waals surface area (Å²) in [6.07, 6.45) is 0. The largest absolute Gasteiger partial charge is 0.506 e. The number of halogens is 1. The molecule has 0 unspecified atom stereocenters. The van der Waals surface area contributed by atoms with Gasteiger partial charge >= 0.3 is 5.97 Å². The minimum Gasteiger partial charge on any atom is -0.506 e. The van der Waals surface area contributed by atoms with Gasteiger partial charge < -0.3 is 14.6 Å². The molecule has 3 rings (SSSR count). The van der Waals surface area contributed by atoms with Crippen molar-refractivity contribution in [1.82, 2.24) is 0 Å². The topological polar surface area (TPSA) is 89.9 Å². The SMILES string of the molecule is COc1cc(OC(C)=O)c2c(c1)C(=O)c1c(cc(C)c(Br)c1O)C2=O. The van der Waals surface area contributed by atoms with Gasteiger partial charge in [0.05, 0.1) is 22.7 Å². The lowest BCUT2D eigenvalue weighted by atomic mass is 9.82. The van der Waals surface area contributed by atoms with Gasteiger partial charge in [-0.05, 0) is 40.5 Å². The van der Waals surface area contributed by atoms with Crippen LogP contribution < -0.4 is 9.47 Å². The van der Waals surface area contributed by atoms with Crippen LogP contribution in [0.4, 0.5) is 0 Å². The number of hydrogen-bond donors (Lipinski definition) is 1. The Balaban J connectivity index is 2.35. The summed E-state index contributed by atoms with van der Waals surface area (Å²) in [7, 11) is 1.39. The van der Waals surface area contributed by atoms with Crippen LogP contribution in [0.25, 0.3) is 0 Å². The number of ether oxygens (including phenoxy) is 2. The highest BCUT2D eigenvalue weighted by Crippen LogP contribution is 2.42. The first kappa shape index (κ1) is 17.2. The van der Waals surface area contributed by atoms with E-state index in [2.05, 4.69) is 15.9 Å². The number of fused-ring (bicyclic) bond motifs is 2. The first-order chi connectivity index (χ1) is 11.8. The molecule has 0 saturated carbocycles. The van der Waals surface area contributed by atoms with E-state index in [0.717, 1.165) is 0 Å². The van der Waals surface area contributed by atoms with E-state index < -0.39 is 17.5 Å². The lowest BCUT2D eigenvalue weighted by Gasteiger charge is -2.22. The number of phenols is 1. The van der Waals surface area contributed by atoms with Crippen LogP contribution in [0, 0.1) is 6.92 Å². The molecule has 1 N–H and O–H groups in total. The van der Waals surface area contributed by atoms with Crippen LogP contribution in [0.15, 0.2) is 22.7 Å². The number of rotatable bonds is 2. The average Bonchev–Trinajstić information content (AvgIpc) is 2.56. The van der Waals surface area contributed by atoms with E-state index >= 15 is 0 Å². The Hall–Kier alpha value is -2.67. The van der Waals surface area contributed by atoms with Crippen molar-refractivity contribution in [3.63, 3.8) is 0 Å². The van der Waals surface area contributed by atoms with Crippen molar-refractivity contribution < 1.29 is 29.0 Å². The lowest BCUT2D eigenvalue weighted by Crippen LogP contribution is -2.23. The van der Waals surface area contributed by atoms with Gasteiger partial charge in [0.2, 0.25) is 0 Å². The fourth-order valence-electron chi connectivity index (χ4n) is 2.81. The molecule has 1 aliphatic carbocycles. The van der Waals surface area contributed by atoms with Crippen LogP contribution >= 0.6 is 15.9 Å². The second kappa shape index (κ2) is 6.00. The minimum absolute atomic E-state index is 0.0131. The van der Waals surface area contributed by atoms with Gasteiger partial charge in [-0.25, -0.2) is 0 Å². The van der Waals surface area contributed by atoms with E-state index in [-0.39, 0.29) is 39.5 Å². The standard InChI is InChI=1S/C18H13BrO6/c1-7-4-10-14(18(23)15(7)19)17(22)11-5-9(24-3)6-12(25-8(2)20)13(11)16(10)21/h4-6,23H,1-3H3. The first-order valence-electron chi connectivity index (χ1n) is 7.28. The van der Waals surface area contributed by atoms with Gasteiger partial charge in [-0.1, -0.05) is 0 Å². The molecule has 25 heavy (non-hydrogen) atoms. The summed E-state index contributed by atoms with van der Waals surface area (Å²) in [6, 6.07) is 4.28. The molecule has 0 saturated heterocycles. The Morgan fingerprint density at radius 1 is 1.08 bits per heavy atom. The molecule has 0 heterocycles. The van der Waals surface area contributed by atoms with E-state index in [1.54, 1.807) is 6.92 Å². The Bertz CT molecular complexity index is 961.